The third-order valence-corrected chi connectivity index (χ3v) is 4.14. The highest BCUT2D eigenvalue weighted by Crippen LogP contribution is 2.25. The molecule has 0 aliphatic carbocycles. The van der Waals surface area contributed by atoms with Crippen molar-refractivity contribution in [1.29, 1.82) is 0 Å². The Morgan fingerprint density at radius 3 is 2.26 bits per heavy atom. The molecule has 2 aromatic rings. The van der Waals surface area contributed by atoms with E-state index in [1.54, 1.807) is 21.0 Å². The quantitative estimate of drug-likeness (QED) is 0.627. The van der Waals surface area contributed by atoms with Gasteiger partial charge in [-0.3, -0.25) is 9.59 Å². The van der Waals surface area contributed by atoms with Gasteiger partial charge in [0.2, 0.25) is 0 Å². The zero-order chi connectivity index (χ0) is 19.6. The SMILES string of the molecule is CCOC(=O)CC(C(=O)OCC)c1cccc(Cc2cccc(OC)c2)c1. The molecule has 0 amide bonds. The number of carbonyl (C=O) groups is 2. The van der Waals surface area contributed by atoms with E-state index in [1.165, 1.54) is 0 Å². The van der Waals surface area contributed by atoms with Gasteiger partial charge in [0.05, 0.1) is 32.7 Å². The normalized spacial score (nSPS) is 11.5. The molecule has 5 nitrogen and oxygen atoms in total. The van der Waals surface area contributed by atoms with Crippen molar-refractivity contribution in [3.8, 4) is 5.75 Å². The molecule has 1 unspecified atom stereocenters. The van der Waals surface area contributed by atoms with E-state index in [1.807, 2.05) is 48.5 Å². The maximum atomic E-state index is 12.4. The first-order chi connectivity index (χ1) is 13.1. The number of hydrogen-bond acceptors (Lipinski definition) is 5. The minimum absolute atomic E-state index is 0.0325. The Balaban J connectivity index is 2.24. The highest BCUT2D eigenvalue weighted by molar-refractivity contribution is 5.84. The van der Waals surface area contributed by atoms with E-state index in [4.69, 9.17) is 14.2 Å². The lowest BCUT2D eigenvalue weighted by Gasteiger charge is -2.16. The minimum Gasteiger partial charge on any atom is -0.497 e. The van der Waals surface area contributed by atoms with Gasteiger partial charge in [0.1, 0.15) is 5.75 Å². The molecule has 0 radical (unpaired) electrons. The van der Waals surface area contributed by atoms with Crippen molar-refractivity contribution in [2.75, 3.05) is 20.3 Å². The Hall–Kier alpha value is -2.82. The van der Waals surface area contributed by atoms with Crippen molar-refractivity contribution in [3.63, 3.8) is 0 Å². The summed E-state index contributed by atoms with van der Waals surface area (Å²) in [5.74, 6) is -0.692. The van der Waals surface area contributed by atoms with Gasteiger partial charge in [-0.15, -0.1) is 0 Å². The zero-order valence-electron chi connectivity index (χ0n) is 16.1. The molecule has 0 aliphatic rings. The van der Waals surface area contributed by atoms with E-state index < -0.39 is 17.9 Å². The fourth-order valence-corrected chi connectivity index (χ4v) is 2.90. The number of esters is 2. The third kappa shape index (κ3) is 6.13. The number of rotatable bonds is 9. The van der Waals surface area contributed by atoms with E-state index in [9.17, 15) is 9.59 Å². The fraction of sp³-hybridized carbons (Fsp3) is 0.364. The standard InChI is InChI=1S/C22H26O5/c1-4-26-21(23)15-20(22(24)27-5-2)18-10-6-8-16(13-18)12-17-9-7-11-19(14-17)25-3/h6-11,13-14,20H,4-5,12,15H2,1-3H3. The van der Waals surface area contributed by atoms with Crippen molar-refractivity contribution >= 4 is 11.9 Å². The van der Waals surface area contributed by atoms with Crippen LogP contribution in [-0.4, -0.2) is 32.3 Å². The van der Waals surface area contributed by atoms with Gasteiger partial charge in [-0.2, -0.15) is 0 Å². The van der Waals surface area contributed by atoms with Crippen LogP contribution in [0, 0.1) is 0 Å². The van der Waals surface area contributed by atoms with E-state index in [0.29, 0.717) is 6.42 Å². The van der Waals surface area contributed by atoms with Gasteiger partial charge >= 0.3 is 11.9 Å². The highest BCUT2D eigenvalue weighted by atomic mass is 16.5. The Labute approximate surface area is 160 Å². The number of ether oxygens (including phenoxy) is 3. The smallest absolute Gasteiger partial charge is 0.313 e. The van der Waals surface area contributed by atoms with Crippen LogP contribution in [0.3, 0.4) is 0 Å². The summed E-state index contributed by atoms with van der Waals surface area (Å²) in [7, 11) is 1.64. The van der Waals surface area contributed by atoms with Gasteiger partial charge in [-0.05, 0) is 49.1 Å². The second-order valence-electron chi connectivity index (χ2n) is 6.09. The summed E-state index contributed by atoms with van der Waals surface area (Å²) in [5.41, 5.74) is 2.89. The van der Waals surface area contributed by atoms with Crippen LogP contribution in [0.1, 0.15) is 42.9 Å². The monoisotopic (exact) mass is 370 g/mol. The van der Waals surface area contributed by atoms with Crippen LogP contribution in [0.15, 0.2) is 48.5 Å². The summed E-state index contributed by atoms with van der Waals surface area (Å²) in [6.45, 7) is 4.04. The number of carbonyl (C=O) groups excluding carboxylic acids is 2. The molecule has 27 heavy (non-hydrogen) atoms. The molecule has 5 heteroatoms. The zero-order valence-corrected chi connectivity index (χ0v) is 16.1. The Bertz CT molecular complexity index is 769. The summed E-state index contributed by atoms with van der Waals surface area (Å²) in [5, 5.41) is 0. The first-order valence-corrected chi connectivity index (χ1v) is 9.11. The van der Waals surface area contributed by atoms with Crippen molar-refractivity contribution in [2.24, 2.45) is 0 Å². The second kappa shape index (κ2) is 10.4. The van der Waals surface area contributed by atoms with Crippen LogP contribution in [0.5, 0.6) is 5.75 Å². The van der Waals surface area contributed by atoms with Gasteiger partial charge in [0.25, 0.3) is 0 Å². The molecule has 0 saturated carbocycles. The van der Waals surface area contributed by atoms with E-state index in [-0.39, 0.29) is 19.6 Å². The molecule has 2 rings (SSSR count). The van der Waals surface area contributed by atoms with Crippen LogP contribution >= 0.6 is 0 Å². The number of hydrogen-bond donors (Lipinski definition) is 0. The van der Waals surface area contributed by atoms with E-state index >= 15 is 0 Å². The average molecular weight is 370 g/mol. The van der Waals surface area contributed by atoms with Crippen LogP contribution in [-0.2, 0) is 25.5 Å². The average Bonchev–Trinajstić information content (AvgIpc) is 2.67. The molecule has 0 bridgehead atoms. The van der Waals surface area contributed by atoms with Gasteiger partial charge < -0.3 is 14.2 Å². The molecule has 0 saturated heterocycles. The Morgan fingerprint density at radius 1 is 0.926 bits per heavy atom. The topological polar surface area (TPSA) is 61.8 Å². The molecule has 1 atom stereocenters. The fourth-order valence-electron chi connectivity index (χ4n) is 2.90. The van der Waals surface area contributed by atoms with Crippen LogP contribution in [0.25, 0.3) is 0 Å². The van der Waals surface area contributed by atoms with Crippen molar-refractivity contribution in [3.05, 3.63) is 65.2 Å². The van der Waals surface area contributed by atoms with E-state index in [2.05, 4.69) is 0 Å². The Kier molecular flexibility index (Phi) is 7.86. The van der Waals surface area contributed by atoms with Crippen LogP contribution in [0.4, 0.5) is 0 Å². The molecule has 0 spiro atoms. The van der Waals surface area contributed by atoms with Crippen molar-refractivity contribution < 1.29 is 23.8 Å². The molecule has 0 aliphatic heterocycles. The molecular weight excluding hydrogens is 344 g/mol. The maximum Gasteiger partial charge on any atom is 0.313 e. The number of benzene rings is 2. The predicted molar refractivity (Wildman–Crippen MR) is 103 cm³/mol. The lowest BCUT2D eigenvalue weighted by atomic mass is 9.92. The maximum absolute atomic E-state index is 12.4. The van der Waals surface area contributed by atoms with Gasteiger partial charge in [-0.1, -0.05) is 36.4 Å². The first kappa shape index (κ1) is 20.5. The summed E-state index contributed by atoms with van der Waals surface area (Å²) in [6.07, 6.45) is 0.662. The lowest BCUT2D eigenvalue weighted by molar-refractivity contribution is -0.151. The minimum atomic E-state index is -0.672. The Morgan fingerprint density at radius 2 is 1.59 bits per heavy atom. The predicted octanol–water partition coefficient (Wildman–Crippen LogP) is 3.89. The summed E-state index contributed by atoms with van der Waals surface area (Å²) >= 11 is 0. The van der Waals surface area contributed by atoms with Crippen LogP contribution < -0.4 is 4.74 Å². The summed E-state index contributed by atoms with van der Waals surface area (Å²) < 4.78 is 15.4. The molecule has 0 aromatic heterocycles. The highest BCUT2D eigenvalue weighted by Gasteiger charge is 2.26. The third-order valence-electron chi connectivity index (χ3n) is 4.14. The molecule has 144 valence electrons. The van der Waals surface area contributed by atoms with Gasteiger partial charge in [-0.25, -0.2) is 0 Å². The van der Waals surface area contributed by atoms with Crippen molar-refractivity contribution in [2.45, 2.75) is 32.6 Å². The largest absolute Gasteiger partial charge is 0.497 e. The number of methoxy groups -OCH3 is 1. The summed E-state index contributed by atoms with van der Waals surface area (Å²) in [6, 6.07) is 15.5. The molecule has 0 fully saturated rings. The second-order valence-corrected chi connectivity index (χ2v) is 6.09. The molecule has 2 aromatic carbocycles. The molecular formula is C22H26O5. The first-order valence-electron chi connectivity index (χ1n) is 9.11. The molecule has 0 N–H and O–H groups in total. The van der Waals surface area contributed by atoms with E-state index in [0.717, 1.165) is 22.4 Å². The van der Waals surface area contributed by atoms with Gasteiger partial charge in [0.15, 0.2) is 0 Å². The molecule has 0 heterocycles. The van der Waals surface area contributed by atoms with Gasteiger partial charge in [0, 0.05) is 0 Å². The summed E-state index contributed by atoms with van der Waals surface area (Å²) in [4.78, 5) is 24.3. The van der Waals surface area contributed by atoms with Crippen molar-refractivity contribution in [1.82, 2.24) is 0 Å². The lowest BCUT2D eigenvalue weighted by Crippen LogP contribution is -2.20. The van der Waals surface area contributed by atoms with Crippen LogP contribution in [0.2, 0.25) is 0 Å².